The van der Waals surface area contributed by atoms with Gasteiger partial charge >= 0.3 is 0 Å². The summed E-state index contributed by atoms with van der Waals surface area (Å²) >= 11 is 0. The van der Waals surface area contributed by atoms with Gasteiger partial charge in [-0.3, -0.25) is 0 Å². The minimum atomic E-state index is 0.630. The summed E-state index contributed by atoms with van der Waals surface area (Å²) in [6, 6.07) is 48.4. The predicted octanol–water partition coefficient (Wildman–Crippen LogP) is 10.7. The van der Waals surface area contributed by atoms with Gasteiger partial charge in [0.05, 0.1) is 0 Å². The van der Waals surface area contributed by atoms with E-state index in [2.05, 4.69) is 109 Å². The van der Waals surface area contributed by atoms with Crippen molar-refractivity contribution in [2.45, 2.75) is 0 Å². The summed E-state index contributed by atoms with van der Waals surface area (Å²) < 4.78 is 6.54. The van der Waals surface area contributed by atoms with Crippen LogP contribution >= 0.6 is 0 Å². The highest BCUT2D eigenvalue weighted by Crippen LogP contribution is 2.54. The van der Waals surface area contributed by atoms with Crippen LogP contribution in [-0.2, 0) is 0 Å². The molecule has 2 aromatic heterocycles. The van der Waals surface area contributed by atoms with Crippen molar-refractivity contribution in [3.8, 4) is 56.4 Å². The van der Waals surface area contributed by atoms with Gasteiger partial charge in [0.1, 0.15) is 11.2 Å². The quantitative estimate of drug-likeness (QED) is 0.211. The fraction of sp³-hybridized carbons (Fsp3) is 0. The topological polar surface area (TPSA) is 51.8 Å². The van der Waals surface area contributed by atoms with Gasteiger partial charge in [0.2, 0.25) is 0 Å². The second-order valence-electron chi connectivity index (χ2n) is 11.6. The highest BCUT2D eigenvalue weighted by Gasteiger charge is 2.30. The SMILES string of the molecule is c1ccc(-c2nc(-c3ccc4ccccc4c3)nc(-c3c4c(cc5oc6ccccc6c35)-c3cccc5cccc-4c35)n2)cc1. The number of hydrogen-bond donors (Lipinski definition) is 0. The van der Waals surface area contributed by atoms with E-state index in [-0.39, 0.29) is 0 Å². The molecular formula is C41H23N3O. The monoisotopic (exact) mass is 573 g/mol. The van der Waals surface area contributed by atoms with E-state index >= 15 is 0 Å². The molecule has 0 radical (unpaired) electrons. The third-order valence-electron chi connectivity index (χ3n) is 9.03. The molecule has 0 amide bonds. The molecule has 7 aromatic carbocycles. The molecule has 2 heterocycles. The largest absolute Gasteiger partial charge is 0.456 e. The Hall–Kier alpha value is -6.13. The van der Waals surface area contributed by atoms with E-state index < -0.39 is 0 Å². The number of furan rings is 1. The highest BCUT2D eigenvalue weighted by molar-refractivity contribution is 6.25. The van der Waals surface area contributed by atoms with Crippen LogP contribution < -0.4 is 0 Å². The van der Waals surface area contributed by atoms with Crippen molar-refractivity contribution >= 4 is 43.5 Å². The average Bonchev–Trinajstić information content (AvgIpc) is 3.64. The normalized spacial score (nSPS) is 12.0. The third-order valence-corrected chi connectivity index (χ3v) is 9.03. The second kappa shape index (κ2) is 9.18. The van der Waals surface area contributed by atoms with Crippen molar-refractivity contribution in [2.75, 3.05) is 0 Å². The molecule has 0 fully saturated rings. The molecule has 0 spiro atoms. The van der Waals surface area contributed by atoms with Gasteiger partial charge in [0, 0.05) is 33.0 Å². The van der Waals surface area contributed by atoms with E-state index in [9.17, 15) is 0 Å². The van der Waals surface area contributed by atoms with Crippen molar-refractivity contribution < 1.29 is 4.42 Å². The first-order valence-electron chi connectivity index (χ1n) is 15.1. The number of rotatable bonds is 3. The van der Waals surface area contributed by atoms with Crippen LogP contribution in [0.1, 0.15) is 0 Å². The molecule has 9 aromatic rings. The summed E-state index contributed by atoms with van der Waals surface area (Å²) in [6.45, 7) is 0. The van der Waals surface area contributed by atoms with Crippen LogP contribution in [0, 0.1) is 0 Å². The van der Waals surface area contributed by atoms with Crippen LogP contribution in [0.15, 0.2) is 144 Å². The zero-order chi connectivity index (χ0) is 29.5. The fourth-order valence-electron chi connectivity index (χ4n) is 7.04. The van der Waals surface area contributed by atoms with Crippen molar-refractivity contribution in [1.29, 1.82) is 0 Å². The van der Waals surface area contributed by atoms with Gasteiger partial charge in [-0.05, 0) is 56.4 Å². The van der Waals surface area contributed by atoms with Crippen LogP contribution in [0.25, 0.3) is 99.9 Å². The maximum atomic E-state index is 6.54. The molecule has 4 heteroatoms. The molecule has 1 aliphatic rings. The van der Waals surface area contributed by atoms with Crippen molar-refractivity contribution in [3.63, 3.8) is 0 Å². The smallest absolute Gasteiger partial charge is 0.165 e. The van der Waals surface area contributed by atoms with Crippen molar-refractivity contribution in [3.05, 3.63) is 140 Å². The number of nitrogens with zero attached hydrogens (tertiary/aromatic N) is 3. The molecule has 0 atom stereocenters. The van der Waals surface area contributed by atoms with E-state index in [1.165, 1.54) is 27.3 Å². The van der Waals surface area contributed by atoms with Crippen LogP contribution in [0.4, 0.5) is 0 Å². The Morgan fingerprint density at radius 1 is 0.378 bits per heavy atom. The number of hydrogen-bond acceptors (Lipinski definition) is 4. The molecule has 0 aliphatic heterocycles. The van der Waals surface area contributed by atoms with E-state index in [4.69, 9.17) is 19.4 Å². The Bertz CT molecular complexity index is 2650. The van der Waals surface area contributed by atoms with Gasteiger partial charge in [0.25, 0.3) is 0 Å². The second-order valence-corrected chi connectivity index (χ2v) is 11.6. The minimum Gasteiger partial charge on any atom is -0.456 e. The van der Waals surface area contributed by atoms with E-state index in [0.29, 0.717) is 17.5 Å². The Kier molecular flexibility index (Phi) is 4.96. The van der Waals surface area contributed by atoms with Crippen molar-refractivity contribution in [1.82, 2.24) is 15.0 Å². The van der Waals surface area contributed by atoms with Crippen LogP contribution in [0.3, 0.4) is 0 Å². The summed E-state index contributed by atoms with van der Waals surface area (Å²) in [6.07, 6.45) is 0. The number of para-hydroxylation sites is 1. The molecule has 0 saturated carbocycles. The van der Waals surface area contributed by atoms with Gasteiger partial charge in [-0.1, -0.05) is 121 Å². The average molecular weight is 574 g/mol. The molecular weight excluding hydrogens is 550 g/mol. The first kappa shape index (κ1) is 24.3. The van der Waals surface area contributed by atoms with E-state index in [1.807, 2.05) is 30.3 Å². The van der Waals surface area contributed by atoms with Gasteiger partial charge in [-0.15, -0.1) is 0 Å². The highest BCUT2D eigenvalue weighted by atomic mass is 16.3. The van der Waals surface area contributed by atoms with E-state index in [0.717, 1.165) is 55.1 Å². The maximum Gasteiger partial charge on any atom is 0.165 e. The molecule has 45 heavy (non-hydrogen) atoms. The molecule has 208 valence electrons. The van der Waals surface area contributed by atoms with Gasteiger partial charge in [0.15, 0.2) is 17.5 Å². The molecule has 1 aliphatic carbocycles. The molecule has 0 saturated heterocycles. The molecule has 0 unspecified atom stereocenters. The van der Waals surface area contributed by atoms with Crippen molar-refractivity contribution in [2.24, 2.45) is 0 Å². The maximum absolute atomic E-state index is 6.54. The molecule has 4 nitrogen and oxygen atoms in total. The molecule has 10 rings (SSSR count). The predicted molar refractivity (Wildman–Crippen MR) is 183 cm³/mol. The summed E-state index contributed by atoms with van der Waals surface area (Å²) in [4.78, 5) is 15.6. The van der Waals surface area contributed by atoms with Crippen LogP contribution in [-0.4, -0.2) is 15.0 Å². The van der Waals surface area contributed by atoms with Gasteiger partial charge in [-0.2, -0.15) is 0 Å². The molecule has 0 bridgehead atoms. The summed E-state index contributed by atoms with van der Waals surface area (Å²) in [5.41, 5.74) is 9.18. The Morgan fingerprint density at radius 3 is 1.93 bits per heavy atom. The van der Waals surface area contributed by atoms with Gasteiger partial charge < -0.3 is 4.42 Å². The first-order chi connectivity index (χ1) is 22.3. The lowest BCUT2D eigenvalue weighted by Crippen LogP contribution is -2.01. The standard InChI is InChI=1S/C41H23N3O/c1-2-11-26(12-3-1)39-42-40(28-21-20-24-10-4-5-13-27(24)22-28)44-41(43-39)38-36-31-18-9-15-25-14-8-17-29(35(25)31)32(36)23-34-37(38)30-16-6-7-19-33(30)45-34/h1-23H. The lowest BCUT2D eigenvalue weighted by molar-refractivity contribution is 0.669. The number of benzene rings is 7. The lowest BCUT2D eigenvalue weighted by atomic mass is 9.93. The van der Waals surface area contributed by atoms with E-state index in [1.54, 1.807) is 0 Å². The third kappa shape index (κ3) is 3.57. The summed E-state index contributed by atoms with van der Waals surface area (Å²) in [5, 5.41) is 6.85. The molecule has 0 N–H and O–H groups in total. The Balaban J connectivity index is 1.35. The lowest BCUT2D eigenvalue weighted by Gasteiger charge is -2.14. The number of fused-ring (bicyclic) bond motifs is 7. The Labute approximate surface area is 258 Å². The summed E-state index contributed by atoms with van der Waals surface area (Å²) in [5.74, 6) is 1.90. The van der Waals surface area contributed by atoms with Crippen LogP contribution in [0.5, 0.6) is 0 Å². The van der Waals surface area contributed by atoms with Crippen LogP contribution in [0.2, 0.25) is 0 Å². The van der Waals surface area contributed by atoms with Gasteiger partial charge in [-0.25, -0.2) is 15.0 Å². The number of aromatic nitrogens is 3. The fourth-order valence-corrected chi connectivity index (χ4v) is 7.04. The minimum absolute atomic E-state index is 0.630. The first-order valence-corrected chi connectivity index (χ1v) is 15.1. The zero-order valence-corrected chi connectivity index (χ0v) is 24.0. The zero-order valence-electron chi connectivity index (χ0n) is 24.0. The Morgan fingerprint density at radius 2 is 1.07 bits per heavy atom. The summed E-state index contributed by atoms with van der Waals surface area (Å²) in [7, 11) is 0.